The second kappa shape index (κ2) is 9.35. The summed E-state index contributed by atoms with van der Waals surface area (Å²) in [5.41, 5.74) is -0.841. The maximum Gasteiger partial charge on any atom is 0.326 e. The number of hydrogen-bond acceptors (Lipinski definition) is 5. The molecule has 2 aliphatic heterocycles. The third kappa shape index (κ3) is 5.19. The van der Waals surface area contributed by atoms with Crippen LogP contribution in [0.1, 0.15) is 59.3 Å². The number of esters is 1. The number of imide groups is 1. The zero-order valence-corrected chi connectivity index (χ0v) is 16.4. The summed E-state index contributed by atoms with van der Waals surface area (Å²) < 4.78 is 5.16. The lowest BCUT2D eigenvalue weighted by Crippen LogP contribution is -2.55. The van der Waals surface area contributed by atoms with E-state index in [-0.39, 0.29) is 12.5 Å². The highest BCUT2D eigenvalue weighted by molar-refractivity contribution is 6.08. The van der Waals surface area contributed by atoms with Gasteiger partial charge in [-0.05, 0) is 25.2 Å². The average molecular weight is 367 g/mol. The van der Waals surface area contributed by atoms with Crippen LogP contribution < -0.4 is 5.32 Å². The molecule has 0 aromatic heterocycles. The number of amides is 3. The Balaban J connectivity index is 1.82. The van der Waals surface area contributed by atoms with Crippen molar-refractivity contribution in [3.8, 4) is 0 Å². The van der Waals surface area contributed by atoms with Crippen molar-refractivity contribution in [2.24, 2.45) is 5.92 Å². The molecule has 0 atom stereocenters. The van der Waals surface area contributed by atoms with Crippen molar-refractivity contribution in [3.05, 3.63) is 0 Å². The SMILES string of the molecule is CCCCCCOC(=O)CN1C(=O)NC2(CCN(CC(C)C)CC2)C1=O. The first kappa shape index (κ1) is 20.7. The van der Waals surface area contributed by atoms with Crippen LogP contribution in [-0.2, 0) is 14.3 Å². The summed E-state index contributed by atoms with van der Waals surface area (Å²) in [6.07, 6.45) is 5.24. The van der Waals surface area contributed by atoms with Crippen molar-refractivity contribution in [3.63, 3.8) is 0 Å². The third-order valence-electron chi connectivity index (χ3n) is 5.13. The van der Waals surface area contributed by atoms with Gasteiger partial charge in [0.05, 0.1) is 6.61 Å². The van der Waals surface area contributed by atoms with Gasteiger partial charge in [-0.25, -0.2) is 4.79 Å². The molecular formula is C19H33N3O4. The molecule has 1 spiro atoms. The average Bonchev–Trinajstić information content (AvgIpc) is 2.81. The summed E-state index contributed by atoms with van der Waals surface area (Å²) in [5.74, 6) is -0.226. The van der Waals surface area contributed by atoms with Crippen LogP contribution in [0.4, 0.5) is 4.79 Å². The van der Waals surface area contributed by atoms with Gasteiger partial charge in [-0.1, -0.05) is 40.0 Å². The van der Waals surface area contributed by atoms with Gasteiger partial charge in [-0.3, -0.25) is 14.5 Å². The highest BCUT2D eigenvalue weighted by Crippen LogP contribution is 2.29. The third-order valence-corrected chi connectivity index (χ3v) is 5.13. The molecular weight excluding hydrogens is 334 g/mol. The number of carbonyl (C=O) groups is 3. The van der Waals surface area contributed by atoms with E-state index in [4.69, 9.17) is 4.74 Å². The molecule has 0 bridgehead atoms. The number of hydrogen-bond donors (Lipinski definition) is 1. The highest BCUT2D eigenvalue weighted by atomic mass is 16.5. The summed E-state index contributed by atoms with van der Waals surface area (Å²) in [7, 11) is 0. The van der Waals surface area contributed by atoms with E-state index in [1.54, 1.807) is 0 Å². The number of urea groups is 1. The Kier molecular flexibility index (Phi) is 7.43. The smallest absolute Gasteiger partial charge is 0.326 e. The largest absolute Gasteiger partial charge is 0.464 e. The van der Waals surface area contributed by atoms with Crippen molar-refractivity contribution in [2.75, 3.05) is 32.8 Å². The van der Waals surface area contributed by atoms with Crippen LogP contribution in [0.2, 0.25) is 0 Å². The minimum absolute atomic E-state index is 0.283. The van der Waals surface area contributed by atoms with Crippen LogP contribution in [0.5, 0.6) is 0 Å². The Hall–Kier alpha value is -1.63. The zero-order valence-electron chi connectivity index (χ0n) is 16.4. The lowest BCUT2D eigenvalue weighted by molar-refractivity contribution is -0.148. The number of ether oxygens (including phenoxy) is 1. The molecule has 2 heterocycles. The highest BCUT2D eigenvalue weighted by Gasteiger charge is 2.52. The Morgan fingerprint density at radius 2 is 1.88 bits per heavy atom. The number of nitrogens with one attached hydrogen (secondary N) is 1. The van der Waals surface area contributed by atoms with Crippen molar-refractivity contribution >= 4 is 17.9 Å². The lowest BCUT2D eigenvalue weighted by atomic mass is 9.87. The molecule has 0 unspecified atom stereocenters. The van der Waals surface area contributed by atoms with E-state index in [0.717, 1.165) is 50.2 Å². The maximum absolute atomic E-state index is 12.8. The molecule has 2 aliphatic rings. The first-order valence-corrected chi connectivity index (χ1v) is 9.90. The predicted molar refractivity (Wildman–Crippen MR) is 98.6 cm³/mol. The summed E-state index contributed by atoms with van der Waals surface area (Å²) in [6, 6.07) is -0.477. The number of rotatable bonds is 9. The van der Waals surface area contributed by atoms with Crippen LogP contribution >= 0.6 is 0 Å². The van der Waals surface area contributed by atoms with E-state index in [1.165, 1.54) is 0 Å². The Bertz CT molecular complexity index is 513. The minimum atomic E-state index is -0.841. The first-order chi connectivity index (χ1) is 12.4. The van der Waals surface area contributed by atoms with Gasteiger partial charge in [0, 0.05) is 19.6 Å². The molecule has 2 rings (SSSR count). The minimum Gasteiger partial charge on any atom is -0.464 e. The van der Waals surface area contributed by atoms with Gasteiger partial charge in [0.1, 0.15) is 12.1 Å². The van der Waals surface area contributed by atoms with Gasteiger partial charge in [0.15, 0.2) is 0 Å². The molecule has 0 saturated carbocycles. The normalized spacial score (nSPS) is 20.1. The summed E-state index contributed by atoms with van der Waals surface area (Å²) >= 11 is 0. The molecule has 1 N–H and O–H groups in total. The van der Waals surface area contributed by atoms with E-state index >= 15 is 0 Å². The zero-order chi connectivity index (χ0) is 19.2. The fourth-order valence-electron chi connectivity index (χ4n) is 3.68. The summed E-state index contributed by atoms with van der Waals surface area (Å²) in [4.78, 5) is 40.3. The molecule has 7 nitrogen and oxygen atoms in total. The molecule has 0 radical (unpaired) electrons. The predicted octanol–water partition coefficient (Wildman–Crippen LogP) is 2.15. The lowest BCUT2D eigenvalue weighted by Gasteiger charge is -2.37. The van der Waals surface area contributed by atoms with Gasteiger partial charge in [-0.2, -0.15) is 0 Å². The van der Waals surface area contributed by atoms with E-state index in [9.17, 15) is 14.4 Å². The fourth-order valence-corrected chi connectivity index (χ4v) is 3.68. The van der Waals surface area contributed by atoms with Crippen LogP contribution in [0.3, 0.4) is 0 Å². The quantitative estimate of drug-likeness (QED) is 0.384. The van der Waals surface area contributed by atoms with E-state index in [0.29, 0.717) is 25.4 Å². The van der Waals surface area contributed by atoms with Crippen LogP contribution in [0.25, 0.3) is 0 Å². The molecule has 0 aromatic rings. The molecule has 26 heavy (non-hydrogen) atoms. The Morgan fingerprint density at radius 3 is 2.50 bits per heavy atom. The van der Waals surface area contributed by atoms with E-state index in [2.05, 4.69) is 31.0 Å². The summed E-state index contributed by atoms with van der Waals surface area (Å²) in [5, 5.41) is 2.84. The topological polar surface area (TPSA) is 79.0 Å². The number of unbranched alkanes of at least 4 members (excludes halogenated alkanes) is 3. The number of nitrogens with zero attached hydrogens (tertiary/aromatic N) is 2. The second-order valence-electron chi connectivity index (χ2n) is 7.88. The van der Waals surface area contributed by atoms with Gasteiger partial charge in [-0.15, -0.1) is 0 Å². The van der Waals surface area contributed by atoms with Crippen molar-refractivity contribution in [2.45, 2.75) is 64.8 Å². The summed E-state index contributed by atoms with van der Waals surface area (Å²) in [6.45, 7) is 9.05. The maximum atomic E-state index is 12.8. The van der Waals surface area contributed by atoms with Crippen LogP contribution in [-0.4, -0.2) is 66.0 Å². The van der Waals surface area contributed by atoms with Gasteiger partial charge in [0.25, 0.3) is 5.91 Å². The molecule has 0 aliphatic carbocycles. The van der Waals surface area contributed by atoms with Gasteiger partial charge >= 0.3 is 12.0 Å². The van der Waals surface area contributed by atoms with Crippen molar-refractivity contribution < 1.29 is 19.1 Å². The first-order valence-electron chi connectivity index (χ1n) is 9.90. The van der Waals surface area contributed by atoms with Gasteiger partial charge < -0.3 is 15.0 Å². The molecule has 148 valence electrons. The monoisotopic (exact) mass is 367 g/mol. The van der Waals surface area contributed by atoms with E-state index in [1.807, 2.05) is 0 Å². The Morgan fingerprint density at radius 1 is 1.19 bits per heavy atom. The molecule has 2 saturated heterocycles. The molecule has 2 fully saturated rings. The Labute approximate surface area is 156 Å². The standard InChI is InChI=1S/C19H33N3O4/c1-4-5-6-7-12-26-16(23)14-22-17(24)19(20-18(22)25)8-10-21(11-9-19)13-15(2)3/h15H,4-14H2,1-3H3,(H,20,25). The number of carbonyl (C=O) groups excluding carboxylic acids is 3. The molecule has 0 aromatic carbocycles. The fraction of sp³-hybridized carbons (Fsp3) is 0.842. The number of likely N-dealkylation sites (tertiary alicyclic amines) is 1. The van der Waals surface area contributed by atoms with Crippen LogP contribution in [0.15, 0.2) is 0 Å². The van der Waals surface area contributed by atoms with Crippen molar-refractivity contribution in [1.29, 1.82) is 0 Å². The van der Waals surface area contributed by atoms with E-state index < -0.39 is 17.5 Å². The van der Waals surface area contributed by atoms with Crippen molar-refractivity contribution in [1.82, 2.24) is 15.1 Å². The van der Waals surface area contributed by atoms with Gasteiger partial charge in [0.2, 0.25) is 0 Å². The number of piperidine rings is 1. The second-order valence-corrected chi connectivity index (χ2v) is 7.88. The molecule has 3 amide bonds. The molecule has 7 heteroatoms. The van der Waals surface area contributed by atoms with Crippen LogP contribution in [0, 0.1) is 5.92 Å².